The molecule has 0 bridgehead atoms. The Morgan fingerprint density at radius 1 is 1.15 bits per heavy atom. The Labute approximate surface area is 154 Å². The summed E-state index contributed by atoms with van der Waals surface area (Å²) in [5.41, 5.74) is 1.03. The van der Waals surface area contributed by atoms with Crippen LogP contribution in [0.25, 0.3) is 0 Å². The van der Waals surface area contributed by atoms with E-state index in [1.165, 1.54) is 6.92 Å². The first-order chi connectivity index (χ1) is 12.5. The van der Waals surface area contributed by atoms with Gasteiger partial charge in [-0.2, -0.15) is 0 Å². The number of carbonyl (C=O) groups excluding carboxylic acids is 2. The summed E-state index contributed by atoms with van der Waals surface area (Å²) in [6.45, 7) is 3.07. The normalized spacial score (nSPS) is 17.0. The zero-order valence-corrected chi connectivity index (χ0v) is 15.4. The number of piperidine rings is 1. The van der Waals surface area contributed by atoms with Gasteiger partial charge in [-0.15, -0.1) is 0 Å². The van der Waals surface area contributed by atoms with Gasteiger partial charge in [-0.05, 0) is 31.2 Å². The molecular formula is C20H28N2O4. The predicted molar refractivity (Wildman–Crippen MR) is 98.4 cm³/mol. The number of nitrogens with zero attached hydrogens (tertiary/aromatic N) is 2. The SMILES string of the molecule is CC(=O)N(CCC(=O)N1CCCCC1CCC(=O)O)Cc1ccccc1. The van der Waals surface area contributed by atoms with Crippen LogP contribution in [0.5, 0.6) is 0 Å². The van der Waals surface area contributed by atoms with E-state index in [9.17, 15) is 14.4 Å². The Bertz CT molecular complexity index is 617. The van der Waals surface area contributed by atoms with Crippen molar-refractivity contribution >= 4 is 17.8 Å². The van der Waals surface area contributed by atoms with Crippen LogP contribution in [0.3, 0.4) is 0 Å². The van der Waals surface area contributed by atoms with E-state index in [0.29, 0.717) is 26.1 Å². The van der Waals surface area contributed by atoms with Gasteiger partial charge in [0.2, 0.25) is 11.8 Å². The van der Waals surface area contributed by atoms with Gasteiger partial charge in [-0.3, -0.25) is 14.4 Å². The van der Waals surface area contributed by atoms with Gasteiger partial charge in [0, 0.05) is 45.4 Å². The van der Waals surface area contributed by atoms with Gasteiger partial charge >= 0.3 is 5.97 Å². The summed E-state index contributed by atoms with van der Waals surface area (Å²) in [5, 5.41) is 8.90. The number of benzene rings is 1. The first-order valence-electron chi connectivity index (χ1n) is 9.28. The number of rotatable bonds is 8. The van der Waals surface area contributed by atoms with Crippen LogP contribution in [0.2, 0.25) is 0 Å². The van der Waals surface area contributed by atoms with Crippen LogP contribution >= 0.6 is 0 Å². The molecule has 1 aliphatic heterocycles. The third-order valence-corrected chi connectivity index (χ3v) is 4.90. The molecule has 1 fully saturated rings. The Morgan fingerprint density at radius 2 is 1.88 bits per heavy atom. The Morgan fingerprint density at radius 3 is 2.54 bits per heavy atom. The monoisotopic (exact) mass is 360 g/mol. The number of hydrogen-bond donors (Lipinski definition) is 1. The van der Waals surface area contributed by atoms with E-state index in [4.69, 9.17) is 5.11 Å². The van der Waals surface area contributed by atoms with Gasteiger partial charge < -0.3 is 14.9 Å². The highest BCUT2D eigenvalue weighted by Crippen LogP contribution is 2.22. The average Bonchev–Trinajstić information content (AvgIpc) is 2.64. The molecule has 1 atom stereocenters. The summed E-state index contributed by atoms with van der Waals surface area (Å²) >= 11 is 0. The quantitative estimate of drug-likeness (QED) is 0.773. The third-order valence-electron chi connectivity index (χ3n) is 4.90. The van der Waals surface area contributed by atoms with E-state index in [1.807, 2.05) is 35.2 Å². The molecule has 2 rings (SSSR count). The second-order valence-corrected chi connectivity index (χ2v) is 6.85. The molecule has 0 radical (unpaired) electrons. The predicted octanol–water partition coefficient (Wildman–Crippen LogP) is 2.67. The summed E-state index contributed by atoms with van der Waals surface area (Å²) in [7, 11) is 0. The lowest BCUT2D eigenvalue weighted by Gasteiger charge is -2.36. The summed E-state index contributed by atoms with van der Waals surface area (Å²) in [6.07, 6.45) is 3.70. The number of amides is 2. The first-order valence-corrected chi connectivity index (χ1v) is 9.28. The van der Waals surface area contributed by atoms with E-state index >= 15 is 0 Å². The molecule has 0 aliphatic carbocycles. The van der Waals surface area contributed by atoms with Crippen molar-refractivity contribution in [2.75, 3.05) is 13.1 Å². The van der Waals surface area contributed by atoms with E-state index in [-0.39, 0.29) is 30.7 Å². The van der Waals surface area contributed by atoms with Gasteiger partial charge in [0.25, 0.3) is 0 Å². The van der Waals surface area contributed by atoms with Gasteiger partial charge in [-0.1, -0.05) is 30.3 Å². The topological polar surface area (TPSA) is 77.9 Å². The van der Waals surface area contributed by atoms with Gasteiger partial charge in [0.05, 0.1) is 0 Å². The van der Waals surface area contributed by atoms with Gasteiger partial charge in [0.1, 0.15) is 0 Å². The molecule has 0 spiro atoms. The molecule has 6 nitrogen and oxygen atoms in total. The lowest BCUT2D eigenvalue weighted by molar-refractivity contribution is -0.140. The zero-order chi connectivity index (χ0) is 18.9. The second-order valence-electron chi connectivity index (χ2n) is 6.85. The zero-order valence-electron chi connectivity index (χ0n) is 15.4. The van der Waals surface area contributed by atoms with Gasteiger partial charge in [-0.25, -0.2) is 0 Å². The maximum Gasteiger partial charge on any atom is 0.303 e. The molecule has 1 aromatic rings. The minimum Gasteiger partial charge on any atom is -0.481 e. The minimum absolute atomic E-state index is 0.00671. The van der Waals surface area contributed by atoms with Crippen molar-refractivity contribution in [3.05, 3.63) is 35.9 Å². The molecule has 1 aliphatic rings. The highest BCUT2D eigenvalue weighted by atomic mass is 16.4. The van der Waals surface area contributed by atoms with Crippen molar-refractivity contribution in [1.82, 2.24) is 9.80 Å². The molecule has 0 saturated carbocycles. The lowest BCUT2D eigenvalue weighted by atomic mass is 9.97. The van der Waals surface area contributed by atoms with Crippen LogP contribution in [0.15, 0.2) is 30.3 Å². The Kier molecular flexibility index (Phi) is 7.63. The summed E-state index contributed by atoms with van der Waals surface area (Å²) < 4.78 is 0. The van der Waals surface area contributed by atoms with E-state index in [1.54, 1.807) is 4.90 Å². The van der Waals surface area contributed by atoms with Crippen LogP contribution < -0.4 is 0 Å². The van der Waals surface area contributed by atoms with Crippen molar-refractivity contribution in [3.63, 3.8) is 0 Å². The number of carboxylic acids is 1. The highest BCUT2D eigenvalue weighted by molar-refractivity contribution is 5.78. The number of carbonyl (C=O) groups is 3. The summed E-state index contributed by atoms with van der Waals surface area (Å²) in [4.78, 5) is 38.9. The number of likely N-dealkylation sites (tertiary alicyclic amines) is 1. The van der Waals surface area contributed by atoms with Crippen molar-refractivity contribution in [2.45, 2.75) is 58.0 Å². The molecule has 1 heterocycles. The molecular weight excluding hydrogens is 332 g/mol. The molecule has 1 saturated heterocycles. The average molecular weight is 360 g/mol. The fourth-order valence-corrected chi connectivity index (χ4v) is 3.44. The Hall–Kier alpha value is -2.37. The molecule has 26 heavy (non-hydrogen) atoms. The van der Waals surface area contributed by atoms with Crippen molar-refractivity contribution in [2.24, 2.45) is 0 Å². The van der Waals surface area contributed by atoms with Crippen LogP contribution in [0, 0.1) is 0 Å². The molecule has 142 valence electrons. The van der Waals surface area contributed by atoms with E-state index in [2.05, 4.69) is 0 Å². The minimum atomic E-state index is -0.825. The molecule has 1 N–H and O–H groups in total. The van der Waals surface area contributed by atoms with E-state index < -0.39 is 5.97 Å². The highest BCUT2D eigenvalue weighted by Gasteiger charge is 2.27. The molecule has 1 unspecified atom stereocenters. The van der Waals surface area contributed by atoms with Crippen molar-refractivity contribution < 1.29 is 19.5 Å². The fourth-order valence-electron chi connectivity index (χ4n) is 3.44. The molecule has 0 aromatic heterocycles. The summed E-state index contributed by atoms with van der Waals surface area (Å²) in [5.74, 6) is -0.865. The largest absolute Gasteiger partial charge is 0.481 e. The lowest BCUT2D eigenvalue weighted by Crippen LogP contribution is -2.45. The molecule has 6 heteroatoms. The standard InChI is InChI=1S/C20H28N2O4/c1-16(23)21(15-17-7-3-2-4-8-17)14-12-19(24)22-13-6-5-9-18(22)10-11-20(25)26/h2-4,7-8,18H,5-6,9-15H2,1H3,(H,25,26). The van der Waals surface area contributed by atoms with Crippen LogP contribution in [0.4, 0.5) is 0 Å². The summed E-state index contributed by atoms with van der Waals surface area (Å²) in [6, 6.07) is 9.72. The molecule has 1 aromatic carbocycles. The number of aliphatic carboxylic acids is 1. The second kappa shape index (κ2) is 9.94. The molecule has 2 amide bonds. The van der Waals surface area contributed by atoms with E-state index in [0.717, 1.165) is 24.8 Å². The van der Waals surface area contributed by atoms with Gasteiger partial charge in [0.15, 0.2) is 0 Å². The van der Waals surface area contributed by atoms with Crippen LogP contribution in [0.1, 0.15) is 51.0 Å². The Balaban J connectivity index is 1.91. The fraction of sp³-hybridized carbons (Fsp3) is 0.550. The first kappa shape index (κ1) is 19.9. The maximum atomic E-state index is 12.7. The number of hydrogen-bond acceptors (Lipinski definition) is 3. The van der Waals surface area contributed by atoms with Crippen LogP contribution in [-0.4, -0.2) is 51.8 Å². The maximum absolute atomic E-state index is 12.7. The smallest absolute Gasteiger partial charge is 0.303 e. The van der Waals surface area contributed by atoms with Crippen molar-refractivity contribution in [3.8, 4) is 0 Å². The van der Waals surface area contributed by atoms with Crippen LogP contribution in [-0.2, 0) is 20.9 Å². The third kappa shape index (κ3) is 6.17. The van der Waals surface area contributed by atoms with Crippen molar-refractivity contribution in [1.29, 1.82) is 0 Å². The number of carboxylic acid groups (broad SMARTS) is 1.